The Hall–Kier alpha value is -1.67. The summed E-state index contributed by atoms with van der Waals surface area (Å²) in [7, 11) is 0. The zero-order valence-corrected chi connectivity index (χ0v) is 10.1. The lowest BCUT2D eigenvalue weighted by Gasteiger charge is -1.99. The summed E-state index contributed by atoms with van der Waals surface area (Å²) in [6.45, 7) is 2.08. The van der Waals surface area contributed by atoms with E-state index in [-0.39, 0.29) is 6.04 Å². The number of benzene rings is 1. The van der Waals surface area contributed by atoms with Crippen LogP contribution in [0.1, 0.15) is 22.9 Å². The monoisotopic (exact) mass is 242 g/mol. The molecule has 1 unspecified atom stereocenters. The molecule has 0 aliphatic carbocycles. The van der Waals surface area contributed by atoms with E-state index >= 15 is 0 Å². The third-order valence-corrected chi connectivity index (χ3v) is 3.03. The molecule has 0 saturated carbocycles. The minimum atomic E-state index is 0.0939. The number of hydrogen-bond acceptors (Lipinski definition) is 2. The van der Waals surface area contributed by atoms with E-state index in [1.165, 1.54) is 11.1 Å². The van der Waals surface area contributed by atoms with Crippen LogP contribution in [0, 0.1) is 6.92 Å². The predicted molar refractivity (Wildman–Crippen MR) is 69.7 cm³/mol. The Balaban J connectivity index is 1.82. The third kappa shape index (κ3) is 2.08. The second-order valence-electron chi connectivity index (χ2n) is 4.17. The van der Waals surface area contributed by atoms with Crippen molar-refractivity contribution in [1.82, 2.24) is 4.98 Å². The normalized spacial score (nSPS) is 17.8. The Bertz CT molecular complexity index is 587. The van der Waals surface area contributed by atoms with Gasteiger partial charge in [-0.2, -0.15) is 0 Å². The molecule has 2 heterocycles. The largest absolute Gasteiger partial charge is 0.270 e. The molecular formula is C14H11ClN2. The fourth-order valence-corrected chi connectivity index (χ4v) is 2.01. The van der Waals surface area contributed by atoms with Gasteiger partial charge in [0.1, 0.15) is 11.2 Å². The first kappa shape index (κ1) is 10.5. The number of nitrogens with zero attached hydrogens (tertiary/aromatic N) is 2. The van der Waals surface area contributed by atoms with E-state index in [0.717, 1.165) is 11.4 Å². The third-order valence-electron chi connectivity index (χ3n) is 2.82. The zero-order chi connectivity index (χ0) is 11.8. The molecule has 17 heavy (non-hydrogen) atoms. The summed E-state index contributed by atoms with van der Waals surface area (Å²) in [6, 6.07) is 14.1. The number of pyridine rings is 1. The molecule has 2 aromatic rings. The van der Waals surface area contributed by atoms with Crippen LogP contribution in [0.2, 0.25) is 5.15 Å². The number of rotatable bonds is 2. The SMILES string of the molecule is Cc1ccc(C2=NC2c2cccc(Cl)n2)cc1. The van der Waals surface area contributed by atoms with Gasteiger partial charge in [-0.1, -0.05) is 47.5 Å². The zero-order valence-electron chi connectivity index (χ0n) is 9.39. The van der Waals surface area contributed by atoms with Gasteiger partial charge in [0.15, 0.2) is 0 Å². The molecule has 3 rings (SSSR count). The average molecular weight is 243 g/mol. The molecule has 0 radical (unpaired) electrons. The molecule has 3 heteroatoms. The van der Waals surface area contributed by atoms with Crippen LogP contribution in [0.3, 0.4) is 0 Å². The topological polar surface area (TPSA) is 25.2 Å². The first-order chi connectivity index (χ1) is 8.24. The first-order valence-corrected chi connectivity index (χ1v) is 5.89. The maximum absolute atomic E-state index is 5.87. The number of halogens is 1. The Labute approximate surface area is 105 Å². The van der Waals surface area contributed by atoms with Crippen molar-refractivity contribution in [2.24, 2.45) is 4.99 Å². The van der Waals surface area contributed by atoms with Crippen LogP contribution in [-0.4, -0.2) is 10.7 Å². The summed E-state index contributed by atoms with van der Waals surface area (Å²) in [4.78, 5) is 8.74. The van der Waals surface area contributed by atoms with Gasteiger partial charge in [-0.05, 0) is 24.6 Å². The van der Waals surface area contributed by atoms with Gasteiger partial charge in [0.25, 0.3) is 0 Å². The molecule has 0 amide bonds. The Morgan fingerprint density at radius 3 is 2.53 bits per heavy atom. The lowest BCUT2D eigenvalue weighted by molar-refractivity contribution is 1.03. The molecule has 0 fully saturated rings. The highest BCUT2D eigenvalue weighted by molar-refractivity contribution is 6.29. The van der Waals surface area contributed by atoms with Crippen LogP contribution in [-0.2, 0) is 0 Å². The van der Waals surface area contributed by atoms with E-state index in [9.17, 15) is 0 Å². The van der Waals surface area contributed by atoms with Crippen molar-refractivity contribution in [2.45, 2.75) is 13.0 Å². The van der Waals surface area contributed by atoms with Crippen LogP contribution in [0.15, 0.2) is 47.5 Å². The van der Waals surface area contributed by atoms with Crippen molar-refractivity contribution in [2.75, 3.05) is 0 Å². The minimum Gasteiger partial charge on any atom is -0.270 e. The second-order valence-corrected chi connectivity index (χ2v) is 4.56. The molecule has 1 aliphatic rings. The molecule has 0 spiro atoms. The van der Waals surface area contributed by atoms with Crippen LogP contribution in [0.4, 0.5) is 0 Å². The molecule has 0 saturated heterocycles. The molecule has 1 atom stereocenters. The van der Waals surface area contributed by atoms with Crippen molar-refractivity contribution in [1.29, 1.82) is 0 Å². The Morgan fingerprint density at radius 2 is 1.82 bits per heavy atom. The van der Waals surface area contributed by atoms with Crippen molar-refractivity contribution < 1.29 is 0 Å². The molecular weight excluding hydrogens is 232 g/mol. The van der Waals surface area contributed by atoms with Gasteiger partial charge in [0, 0.05) is 0 Å². The minimum absolute atomic E-state index is 0.0939. The highest BCUT2D eigenvalue weighted by Crippen LogP contribution is 2.34. The van der Waals surface area contributed by atoms with E-state index in [1.54, 1.807) is 6.07 Å². The first-order valence-electron chi connectivity index (χ1n) is 5.51. The fourth-order valence-electron chi connectivity index (χ4n) is 1.84. The van der Waals surface area contributed by atoms with E-state index < -0.39 is 0 Å². The van der Waals surface area contributed by atoms with Crippen molar-refractivity contribution in [3.8, 4) is 0 Å². The smallest absolute Gasteiger partial charge is 0.134 e. The van der Waals surface area contributed by atoms with E-state index in [1.807, 2.05) is 12.1 Å². The lowest BCUT2D eigenvalue weighted by atomic mass is 10.1. The van der Waals surface area contributed by atoms with E-state index in [4.69, 9.17) is 11.6 Å². The van der Waals surface area contributed by atoms with Gasteiger partial charge < -0.3 is 0 Å². The van der Waals surface area contributed by atoms with Crippen LogP contribution in [0.25, 0.3) is 0 Å². The molecule has 84 valence electrons. The van der Waals surface area contributed by atoms with Crippen LogP contribution < -0.4 is 0 Å². The van der Waals surface area contributed by atoms with Crippen LogP contribution >= 0.6 is 11.6 Å². The summed E-state index contributed by atoms with van der Waals surface area (Å²) >= 11 is 5.87. The Kier molecular flexibility index (Phi) is 2.45. The molecule has 0 bridgehead atoms. The number of hydrogen-bond donors (Lipinski definition) is 0. The van der Waals surface area contributed by atoms with Gasteiger partial charge in [0.2, 0.25) is 0 Å². The van der Waals surface area contributed by atoms with Crippen molar-refractivity contribution >= 4 is 17.3 Å². The van der Waals surface area contributed by atoms with Gasteiger partial charge in [-0.3, -0.25) is 4.99 Å². The number of aromatic nitrogens is 1. The summed E-state index contributed by atoms with van der Waals surface area (Å²) in [5.74, 6) is 0. The lowest BCUT2D eigenvalue weighted by Crippen LogP contribution is -1.96. The number of aliphatic imine (C=N–C) groups is 1. The summed E-state index contributed by atoms with van der Waals surface area (Å²) < 4.78 is 0. The summed E-state index contributed by atoms with van der Waals surface area (Å²) in [5.41, 5.74) is 4.45. The van der Waals surface area contributed by atoms with E-state index in [0.29, 0.717) is 5.15 Å². The average Bonchev–Trinajstić information content (AvgIpc) is 3.10. The van der Waals surface area contributed by atoms with E-state index in [2.05, 4.69) is 41.2 Å². The summed E-state index contributed by atoms with van der Waals surface area (Å²) in [6.07, 6.45) is 0. The maximum Gasteiger partial charge on any atom is 0.134 e. The Morgan fingerprint density at radius 1 is 1.06 bits per heavy atom. The molecule has 1 aliphatic heterocycles. The number of aryl methyl sites for hydroxylation is 1. The predicted octanol–water partition coefficient (Wildman–Crippen LogP) is 3.59. The molecule has 0 N–H and O–H groups in total. The second kappa shape index (κ2) is 3.97. The highest BCUT2D eigenvalue weighted by atomic mass is 35.5. The summed E-state index contributed by atoms with van der Waals surface area (Å²) in [5, 5.41) is 0.521. The molecule has 1 aromatic heterocycles. The molecule has 2 nitrogen and oxygen atoms in total. The van der Waals surface area contributed by atoms with Crippen LogP contribution in [0.5, 0.6) is 0 Å². The van der Waals surface area contributed by atoms with Gasteiger partial charge in [0.05, 0.1) is 11.4 Å². The van der Waals surface area contributed by atoms with Gasteiger partial charge in [-0.25, -0.2) is 4.98 Å². The maximum atomic E-state index is 5.87. The molecule has 1 aromatic carbocycles. The highest BCUT2D eigenvalue weighted by Gasteiger charge is 2.31. The quantitative estimate of drug-likeness (QED) is 0.739. The standard InChI is InChI=1S/C14H11ClN2/c1-9-5-7-10(8-6-9)13-14(17-13)11-3-2-4-12(15)16-11/h2-8,14H,1H3. The van der Waals surface area contributed by atoms with Gasteiger partial charge in [-0.15, -0.1) is 0 Å². The van der Waals surface area contributed by atoms with Gasteiger partial charge >= 0.3 is 0 Å². The van der Waals surface area contributed by atoms with Crippen molar-refractivity contribution in [3.05, 3.63) is 64.4 Å². The fraction of sp³-hybridized carbons (Fsp3) is 0.143. The van der Waals surface area contributed by atoms with Crippen molar-refractivity contribution in [3.63, 3.8) is 0 Å².